The SMILES string of the molecule is N#C[S-].O=S(O)(O)=S.[K+]. The minimum absolute atomic E-state index is 0. The van der Waals surface area contributed by atoms with Crippen LogP contribution >= 0.6 is 0 Å². The Morgan fingerprint density at radius 2 is 1.67 bits per heavy atom. The number of nitriles is 1. The second-order valence-electron chi connectivity index (χ2n) is 0.539. The van der Waals surface area contributed by atoms with E-state index >= 15 is 0 Å². The van der Waals surface area contributed by atoms with E-state index in [9.17, 15) is 0 Å². The van der Waals surface area contributed by atoms with Gasteiger partial charge in [0.2, 0.25) is 0 Å². The molecule has 2 N–H and O–H groups in total. The Morgan fingerprint density at radius 3 is 1.67 bits per heavy atom. The Balaban J connectivity index is -0.0000000800. The predicted octanol–water partition coefficient (Wildman–Crippen LogP) is -3.30. The van der Waals surface area contributed by atoms with Crippen LogP contribution in [-0.2, 0) is 32.9 Å². The molecule has 0 saturated heterocycles. The van der Waals surface area contributed by atoms with Crippen molar-refractivity contribution in [1.82, 2.24) is 0 Å². The van der Waals surface area contributed by atoms with Gasteiger partial charge in [-0.1, -0.05) is 5.40 Å². The van der Waals surface area contributed by atoms with Crippen LogP contribution < -0.4 is 51.4 Å². The van der Waals surface area contributed by atoms with Gasteiger partial charge in [-0.3, -0.25) is 9.11 Å². The number of nitrogens with zero attached hydrogens (tertiary/aromatic N) is 1. The van der Waals surface area contributed by atoms with Crippen molar-refractivity contribution in [3.63, 3.8) is 0 Å². The van der Waals surface area contributed by atoms with Gasteiger partial charge in [-0.25, -0.2) is 5.26 Å². The van der Waals surface area contributed by atoms with Gasteiger partial charge in [-0.2, -0.15) is 4.21 Å². The Labute approximate surface area is 106 Å². The van der Waals surface area contributed by atoms with Gasteiger partial charge >= 0.3 is 51.4 Å². The van der Waals surface area contributed by atoms with Crippen molar-refractivity contribution in [2.75, 3.05) is 0 Å². The molecule has 0 amide bonds. The van der Waals surface area contributed by atoms with Gasteiger partial charge < -0.3 is 12.6 Å². The van der Waals surface area contributed by atoms with Crippen LogP contribution in [0.3, 0.4) is 0 Å². The van der Waals surface area contributed by atoms with Crippen LogP contribution in [0.1, 0.15) is 0 Å². The second-order valence-corrected chi connectivity index (χ2v) is 2.92. The molecule has 0 unspecified atom stereocenters. The van der Waals surface area contributed by atoms with Crippen LogP contribution in [0.4, 0.5) is 0 Å². The number of rotatable bonds is 0. The molecule has 0 heterocycles. The molecule has 0 aromatic heterocycles. The van der Waals surface area contributed by atoms with Crippen LogP contribution in [-0.4, -0.2) is 13.3 Å². The van der Waals surface area contributed by atoms with E-state index in [1.165, 1.54) is 5.40 Å². The zero-order chi connectivity index (χ0) is 7.21. The van der Waals surface area contributed by atoms with E-state index in [1.807, 2.05) is 0 Å². The van der Waals surface area contributed by atoms with E-state index in [2.05, 4.69) is 23.8 Å². The molecule has 48 valence electrons. The van der Waals surface area contributed by atoms with Gasteiger partial charge in [0.15, 0.2) is 0 Å². The molecule has 0 aromatic carbocycles. The third kappa shape index (κ3) is 210. The molecule has 0 aliphatic rings. The van der Waals surface area contributed by atoms with Crippen molar-refractivity contribution >= 4 is 32.9 Å². The summed E-state index contributed by atoms with van der Waals surface area (Å²) in [5.74, 6) is 0. The molecule has 0 fully saturated rings. The maximum absolute atomic E-state index is 9.11. The normalized spacial score (nSPS) is 7.22. The third-order valence-corrected chi connectivity index (χ3v) is 0. The largest absolute Gasteiger partial charge is 1.00 e. The zero-order valence-corrected chi connectivity index (χ0v) is 10.0. The molecular weight excluding hydrogens is 209 g/mol. The van der Waals surface area contributed by atoms with E-state index in [4.69, 9.17) is 18.6 Å². The maximum Gasteiger partial charge on any atom is 1.00 e. The van der Waals surface area contributed by atoms with Crippen molar-refractivity contribution in [2.45, 2.75) is 0 Å². The minimum atomic E-state index is -3.83. The molecule has 0 radical (unpaired) electrons. The summed E-state index contributed by atoms with van der Waals surface area (Å²) in [6.07, 6.45) is 0. The molecule has 0 spiro atoms. The summed E-state index contributed by atoms with van der Waals surface area (Å²) in [6.45, 7) is 0. The molecule has 9 heavy (non-hydrogen) atoms. The summed E-state index contributed by atoms with van der Waals surface area (Å²) in [7, 11) is -3.83. The van der Waals surface area contributed by atoms with Gasteiger partial charge in [-0.05, 0) is 0 Å². The number of hydrogen-bond acceptors (Lipinski definition) is 4. The summed E-state index contributed by atoms with van der Waals surface area (Å²) in [4.78, 5) is 0. The van der Waals surface area contributed by atoms with Crippen molar-refractivity contribution in [3.8, 4) is 5.40 Å². The topological polar surface area (TPSA) is 81.3 Å². The Morgan fingerprint density at radius 1 is 1.67 bits per heavy atom. The first-order chi connectivity index (χ1) is 3.41. The van der Waals surface area contributed by atoms with Gasteiger partial charge in [0.05, 0.1) is 0 Å². The van der Waals surface area contributed by atoms with Crippen molar-refractivity contribution in [2.24, 2.45) is 0 Å². The molecular formula is CH2KNO3S3. The monoisotopic (exact) mass is 211 g/mol. The molecule has 0 bridgehead atoms. The Kier molecular flexibility index (Phi) is 18.1. The van der Waals surface area contributed by atoms with Gasteiger partial charge in [0.25, 0.3) is 9.05 Å². The Bertz CT molecular complexity index is 160. The third-order valence-electron chi connectivity index (χ3n) is 0. The fraction of sp³-hybridized carbons (Fsp3) is 0. The van der Waals surface area contributed by atoms with Gasteiger partial charge in [0.1, 0.15) is 0 Å². The molecule has 4 nitrogen and oxygen atoms in total. The summed E-state index contributed by atoms with van der Waals surface area (Å²) in [5.41, 5.74) is 0. The van der Waals surface area contributed by atoms with E-state index in [0.717, 1.165) is 0 Å². The number of hydrogen-bond donors (Lipinski definition) is 2. The predicted molar refractivity (Wildman–Crippen MR) is 33.7 cm³/mol. The molecule has 0 aromatic rings. The first kappa shape index (κ1) is 16.9. The van der Waals surface area contributed by atoms with Crippen LogP contribution in [0.2, 0.25) is 0 Å². The first-order valence-electron chi connectivity index (χ1n) is 1.13. The van der Waals surface area contributed by atoms with Crippen LogP contribution in [0.15, 0.2) is 0 Å². The average molecular weight is 211 g/mol. The van der Waals surface area contributed by atoms with Gasteiger partial charge in [-0.15, -0.1) is 0 Å². The van der Waals surface area contributed by atoms with Crippen molar-refractivity contribution in [3.05, 3.63) is 0 Å². The molecule has 8 heteroatoms. The smallest absolute Gasteiger partial charge is 0.696 e. The molecule has 0 saturated carbocycles. The number of thiocyanates is 1. The second kappa shape index (κ2) is 9.64. The van der Waals surface area contributed by atoms with E-state index < -0.39 is 9.05 Å². The molecule has 0 rings (SSSR count). The maximum atomic E-state index is 9.11. The summed E-state index contributed by atoms with van der Waals surface area (Å²) >= 11 is 7.16. The van der Waals surface area contributed by atoms with Gasteiger partial charge in [0, 0.05) is 11.2 Å². The van der Waals surface area contributed by atoms with Crippen LogP contribution in [0.25, 0.3) is 0 Å². The van der Waals surface area contributed by atoms with E-state index in [-0.39, 0.29) is 51.4 Å². The van der Waals surface area contributed by atoms with E-state index in [0.29, 0.717) is 0 Å². The van der Waals surface area contributed by atoms with Crippen molar-refractivity contribution in [1.29, 1.82) is 5.26 Å². The quantitative estimate of drug-likeness (QED) is 0.248. The fourth-order valence-corrected chi connectivity index (χ4v) is 0. The van der Waals surface area contributed by atoms with Crippen molar-refractivity contribution < 1.29 is 64.7 Å². The molecule has 0 aliphatic carbocycles. The first-order valence-corrected chi connectivity index (χ1v) is 3.93. The average Bonchev–Trinajstić information content (AvgIpc) is 1.27. The van der Waals surface area contributed by atoms with Crippen LogP contribution in [0.5, 0.6) is 0 Å². The molecule has 0 atom stereocenters. The summed E-state index contributed by atoms with van der Waals surface area (Å²) < 4.78 is 24.0. The zero-order valence-electron chi connectivity index (χ0n) is 4.47. The standard InChI is InChI=1S/CHNS.K.H2O3S2/c2-1-3;;1-5(2,3)4/h3H;;(H2,1,2,3,4)/q;+1;/p-1. The Hall–Kier alpha value is 1.64. The minimum Gasteiger partial charge on any atom is -0.696 e. The van der Waals surface area contributed by atoms with Crippen LogP contribution in [0, 0.1) is 10.7 Å². The van der Waals surface area contributed by atoms with E-state index in [1.54, 1.807) is 0 Å². The fourth-order valence-electron chi connectivity index (χ4n) is 0. The summed E-state index contributed by atoms with van der Waals surface area (Å²) in [5, 5.41) is 8.47. The molecule has 0 aliphatic heterocycles. The summed E-state index contributed by atoms with van der Waals surface area (Å²) in [6, 6.07) is 0.